The lowest BCUT2D eigenvalue weighted by molar-refractivity contribution is -0.122. The van der Waals surface area contributed by atoms with Crippen LogP contribution < -0.4 is 10.6 Å². The van der Waals surface area contributed by atoms with E-state index in [9.17, 15) is 4.79 Å². The number of thioether (sulfide) groups is 1. The average Bonchev–Trinajstić information content (AvgIpc) is 2.36. The molecule has 4 nitrogen and oxygen atoms in total. The fraction of sp³-hybridized carbons (Fsp3) is 0.923. The molecule has 2 N–H and O–H groups in total. The van der Waals surface area contributed by atoms with E-state index in [1.807, 2.05) is 11.8 Å². The van der Waals surface area contributed by atoms with Crippen LogP contribution in [0.5, 0.6) is 0 Å². The van der Waals surface area contributed by atoms with Crippen LogP contribution in [0, 0.1) is 0 Å². The van der Waals surface area contributed by atoms with Crippen LogP contribution in [0.25, 0.3) is 0 Å². The molecule has 1 aliphatic heterocycles. The van der Waals surface area contributed by atoms with Crippen molar-refractivity contribution in [2.24, 2.45) is 0 Å². The number of likely N-dealkylation sites (N-methyl/N-ethyl adjacent to an activating group) is 1. The first-order chi connectivity index (χ1) is 8.65. The zero-order valence-corrected chi connectivity index (χ0v) is 15.1. The molecule has 0 radical (unpaired) electrons. The molecule has 1 fully saturated rings. The summed E-state index contributed by atoms with van der Waals surface area (Å²) in [4.78, 5) is 14.2. The van der Waals surface area contributed by atoms with E-state index < -0.39 is 0 Å². The van der Waals surface area contributed by atoms with Gasteiger partial charge in [0.25, 0.3) is 0 Å². The third-order valence-electron chi connectivity index (χ3n) is 3.26. The summed E-state index contributed by atoms with van der Waals surface area (Å²) in [5, 5.41) is 6.49. The van der Waals surface area contributed by atoms with E-state index in [2.05, 4.69) is 36.3 Å². The van der Waals surface area contributed by atoms with Crippen molar-refractivity contribution in [2.45, 2.75) is 39.3 Å². The summed E-state index contributed by atoms with van der Waals surface area (Å²) >= 11 is 1.93. The minimum Gasteiger partial charge on any atom is -0.352 e. The van der Waals surface area contributed by atoms with Crippen LogP contribution in [-0.2, 0) is 4.79 Å². The topological polar surface area (TPSA) is 44.4 Å². The highest BCUT2D eigenvalue weighted by molar-refractivity contribution is 7.99. The number of nitrogens with one attached hydrogen (secondary N) is 2. The van der Waals surface area contributed by atoms with Crippen LogP contribution in [0.2, 0.25) is 0 Å². The molecule has 7 heteroatoms. The van der Waals surface area contributed by atoms with E-state index in [0.717, 1.165) is 37.7 Å². The maximum Gasteiger partial charge on any atom is 0.221 e. The van der Waals surface area contributed by atoms with Gasteiger partial charge in [0.2, 0.25) is 5.91 Å². The number of hydrogen-bond acceptors (Lipinski definition) is 4. The summed E-state index contributed by atoms with van der Waals surface area (Å²) in [6.45, 7) is 10.4. The van der Waals surface area contributed by atoms with Gasteiger partial charge in [-0.1, -0.05) is 13.8 Å². The fourth-order valence-corrected chi connectivity index (χ4v) is 3.17. The smallest absolute Gasteiger partial charge is 0.221 e. The first-order valence-corrected chi connectivity index (χ1v) is 8.14. The molecule has 1 aliphatic rings. The maximum atomic E-state index is 11.9. The van der Waals surface area contributed by atoms with Crippen molar-refractivity contribution >= 4 is 42.5 Å². The third kappa shape index (κ3) is 9.29. The molecule has 0 aromatic heterocycles. The van der Waals surface area contributed by atoms with Gasteiger partial charge in [-0.3, -0.25) is 4.79 Å². The van der Waals surface area contributed by atoms with E-state index >= 15 is 0 Å². The van der Waals surface area contributed by atoms with Crippen LogP contribution in [0.1, 0.15) is 27.2 Å². The van der Waals surface area contributed by atoms with Gasteiger partial charge in [0, 0.05) is 43.1 Å². The van der Waals surface area contributed by atoms with Crippen molar-refractivity contribution in [3.63, 3.8) is 0 Å². The second-order valence-electron chi connectivity index (χ2n) is 4.88. The zero-order valence-electron chi connectivity index (χ0n) is 12.7. The van der Waals surface area contributed by atoms with Crippen LogP contribution in [0.3, 0.4) is 0 Å². The molecule has 0 spiro atoms. The van der Waals surface area contributed by atoms with Gasteiger partial charge in [-0.15, -0.1) is 24.8 Å². The molecule has 0 aliphatic carbocycles. The third-order valence-corrected chi connectivity index (χ3v) is 4.39. The SMILES string of the molecule is CCN(CC)CC(C)NC(=O)CC1CSCCN1.Cl.Cl. The van der Waals surface area contributed by atoms with Crippen LogP contribution in [-0.4, -0.2) is 60.6 Å². The molecule has 0 aromatic rings. The number of rotatable bonds is 7. The predicted molar refractivity (Wildman–Crippen MR) is 93.6 cm³/mol. The molecule has 0 aromatic carbocycles. The minimum absolute atomic E-state index is 0. The van der Waals surface area contributed by atoms with Gasteiger partial charge in [-0.25, -0.2) is 0 Å². The lowest BCUT2D eigenvalue weighted by atomic mass is 10.2. The largest absolute Gasteiger partial charge is 0.352 e. The standard InChI is InChI=1S/C13H27N3OS.2ClH/c1-4-16(5-2)9-11(3)15-13(17)8-12-10-18-7-6-14-12;;/h11-12,14H,4-10H2,1-3H3,(H,15,17);2*1H. The van der Waals surface area contributed by atoms with Gasteiger partial charge in [-0.05, 0) is 20.0 Å². The number of halogens is 2. The lowest BCUT2D eigenvalue weighted by Gasteiger charge is -2.25. The monoisotopic (exact) mass is 345 g/mol. The van der Waals surface area contributed by atoms with Crippen LogP contribution in [0.15, 0.2) is 0 Å². The van der Waals surface area contributed by atoms with Gasteiger partial charge in [0.1, 0.15) is 0 Å². The highest BCUT2D eigenvalue weighted by atomic mass is 35.5. The molecule has 20 heavy (non-hydrogen) atoms. The van der Waals surface area contributed by atoms with Gasteiger partial charge in [-0.2, -0.15) is 11.8 Å². The maximum absolute atomic E-state index is 11.9. The molecule has 1 saturated heterocycles. The Kier molecular flexibility index (Phi) is 14.7. The van der Waals surface area contributed by atoms with Crippen molar-refractivity contribution in [2.75, 3.05) is 37.7 Å². The Morgan fingerprint density at radius 3 is 2.55 bits per heavy atom. The van der Waals surface area contributed by atoms with Crippen LogP contribution in [0.4, 0.5) is 0 Å². The Morgan fingerprint density at radius 1 is 1.40 bits per heavy atom. The Hall–Kier alpha value is 0.320. The second-order valence-corrected chi connectivity index (χ2v) is 6.03. The van der Waals surface area contributed by atoms with Crippen molar-refractivity contribution in [3.05, 3.63) is 0 Å². The average molecular weight is 346 g/mol. The predicted octanol–water partition coefficient (Wildman–Crippen LogP) is 1.77. The number of nitrogens with zero attached hydrogens (tertiary/aromatic N) is 1. The van der Waals surface area contributed by atoms with Gasteiger partial charge < -0.3 is 15.5 Å². The van der Waals surface area contributed by atoms with Crippen molar-refractivity contribution in [1.82, 2.24) is 15.5 Å². The first-order valence-electron chi connectivity index (χ1n) is 6.98. The summed E-state index contributed by atoms with van der Waals surface area (Å²) in [7, 11) is 0. The summed E-state index contributed by atoms with van der Waals surface area (Å²) in [5.74, 6) is 2.39. The normalized spacial score (nSPS) is 19.7. The molecule has 2 atom stereocenters. The number of hydrogen-bond donors (Lipinski definition) is 2. The Bertz CT molecular complexity index is 250. The lowest BCUT2D eigenvalue weighted by Crippen LogP contribution is -2.45. The number of carbonyl (C=O) groups excluding carboxylic acids is 1. The van der Waals surface area contributed by atoms with Crippen molar-refractivity contribution < 1.29 is 4.79 Å². The molecule has 2 unspecified atom stereocenters. The molecule has 1 heterocycles. The molecular weight excluding hydrogens is 317 g/mol. The molecular formula is C13H29Cl2N3OS. The highest BCUT2D eigenvalue weighted by Gasteiger charge is 2.18. The fourth-order valence-electron chi connectivity index (χ4n) is 2.22. The second kappa shape index (κ2) is 13.0. The summed E-state index contributed by atoms with van der Waals surface area (Å²) in [6, 6.07) is 0.582. The molecule has 0 bridgehead atoms. The minimum atomic E-state index is 0. The van der Waals surface area contributed by atoms with Crippen LogP contribution >= 0.6 is 36.6 Å². The molecule has 1 amide bonds. The van der Waals surface area contributed by atoms with E-state index in [0.29, 0.717) is 12.5 Å². The Morgan fingerprint density at radius 2 is 2.05 bits per heavy atom. The molecule has 122 valence electrons. The summed E-state index contributed by atoms with van der Waals surface area (Å²) in [6.07, 6.45) is 0.607. The summed E-state index contributed by atoms with van der Waals surface area (Å²) in [5.41, 5.74) is 0. The quantitative estimate of drug-likeness (QED) is 0.738. The highest BCUT2D eigenvalue weighted by Crippen LogP contribution is 2.10. The van der Waals surface area contributed by atoms with E-state index in [-0.39, 0.29) is 36.8 Å². The number of amides is 1. The molecule has 1 rings (SSSR count). The van der Waals surface area contributed by atoms with Gasteiger partial charge >= 0.3 is 0 Å². The summed E-state index contributed by atoms with van der Waals surface area (Å²) < 4.78 is 0. The Labute approximate surface area is 140 Å². The van der Waals surface area contributed by atoms with Gasteiger partial charge in [0.15, 0.2) is 0 Å². The Balaban J connectivity index is 0. The van der Waals surface area contributed by atoms with Gasteiger partial charge in [0.05, 0.1) is 0 Å². The van der Waals surface area contributed by atoms with E-state index in [1.54, 1.807) is 0 Å². The zero-order chi connectivity index (χ0) is 13.4. The first kappa shape index (κ1) is 22.6. The molecule has 0 saturated carbocycles. The van der Waals surface area contributed by atoms with Crippen molar-refractivity contribution in [3.8, 4) is 0 Å². The van der Waals surface area contributed by atoms with E-state index in [1.165, 1.54) is 0 Å². The van der Waals surface area contributed by atoms with Crippen molar-refractivity contribution in [1.29, 1.82) is 0 Å². The number of carbonyl (C=O) groups is 1. The van der Waals surface area contributed by atoms with E-state index in [4.69, 9.17) is 0 Å².